The summed E-state index contributed by atoms with van der Waals surface area (Å²) < 4.78 is 6.01. The predicted octanol–water partition coefficient (Wildman–Crippen LogP) is 1.70. The molecule has 8 heteroatoms. The lowest BCUT2D eigenvalue weighted by molar-refractivity contribution is -0.145. The highest BCUT2D eigenvalue weighted by Crippen LogP contribution is 2.10. The fourth-order valence-corrected chi connectivity index (χ4v) is 2.03. The van der Waals surface area contributed by atoms with Gasteiger partial charge in [0.05, 0.1) is 0 Å². The Hall–Kier alpha value is -2.23. The minimum Gasteiger partial charge on any atom is -0.454 e. The standard InChI is InChI=1S/C15H15IN4O3/c1-20(15-17-7-2-8-18-15)9-14(22)23-10-13(21)19-12-5-3-11(16)4-6-12/h2-8H,9-10H2,1H3,(H,19,21). The molecule has 0 atom stereocenters. The molecule has 2 aromatic rings. The normalized spacial score (nSPS) is 10.0. The molecule has 23 heavy (non-hydrogen) atoms. The number of amides is 1. The number of nitrogens with one attached hydrogen (secondary N) is 1. The van der Waals surface area contributed by atoms with E-state index in [-0.39, 0.29) is 13.2 Å². The van der Waals surface area contributed by atoms with Crippen LogP contribution in [0.5, 0.6) is 0 Å². The zero-order chi connectivity index (χ0) is 16.7. The lowest BCUT2D eigenvalue weighted by Gasteiger charge is -2.15. The fraction of sp³-hybridized carbons (Fsp3) is 0.200. The van der Waals surface area contributed by atoms with Gasteiger partial charge in [-0.25, -0.2) is 9.97 Å². The molecular weight excluding hydrogens is 411 g/mol. The van der Waals surface area contributed by atoms with Crippen LogP contribution in [0.3, 0.4) is 0 Å². The van der Waals surface area contributed by atoms with E-state index in [9.17, 15) is 9.59 Å². The van der Waals surface area contributed by atoms with Crippen molar-refractivity contribution in [3.05, 3.63) is 46.3 Å². The summed E-state index contributed by atoms with van der Waals surface area (Å²) in [6.45, 7) is -0.380. The molecule has 2 rings (SSSR count). The highest BCUT2D eigenvalue weighted by molar-refractivity contribution is 14.1. The number of carbonyl (C=O) groups excluding carboxylic acids is 2. The maximum absolute atomic E-state index is 11.7. The van der Waals surface area contributed by atoms with Crippen LogP contribution in [-0.2, 0) is 14.3 Å². The molecule has 0 spiro atoms. The molecule has 0 saturated carbocycles. The largest absolute Gasteiger partial charge is 0.454 e. The molecule has 1 N–H and O–H groups in total. The number of rotatable bonds is 6. The molecule has 1 aromatic carbocycles. The molecule has 0 aliphatic heterocycles. The first kappa shape index (κ1) is 17.1. The maximum Gasteiger partial charge on any atom is 0.326 e. The second-order valence-electron chi connectivity index (χ2n) is 4.62. The minimum atomic E-state index is -0.530. The Morgan fingerprint density at radius 3 is 2.52 bits per heavy atom. The summed E-state index contributed by atoms with van der Waals surface area (Å²) in [5.41, 5.74) is 0.654. The zero-order valence-electron chi connectivity index (χ0n) is 12.4. The van der Waals surface area contributed by atoms with Gasteiger partial charge in [0.25, 0.3) is 5.91 Å². The molecule has 0 aliphatic carbocycles. The number of halogens is 1. The van der Waals surface area contributed by atoms with Crippen molar-refractivity contribution in [2.75, 3.05) is 30.4 Å². The van der Waals surface area contributed by atoms with Crippen LogP contribution >= 0.6 is 22.6 Å². The first-order chi connectivity index (χ1) is 11.0. The van der Waals surface area contributed by atoms with Crippen molar-refractivity contribution < 1.29 is 14.3 Å². The zero-order valence-corrected chi connectivity index (χ0v) is 14.6. The number of esters is 1. The van der Waals surface area contributed by atoms with Gasteiger partial charge < -0.3 is 15.0 Å². The summed E-state index contributed by atoms with van der Waals surface area (Å²) in [5.74, 6) is -0.510. The summed E-state index contributed by atoms with van der Waals surface area (Å²) >= 11 is 2.17. The smallest absolute Gasteiger partial charge is 0.326 e. The fourth-order valence-electron chi connectivity index (χ4n) is 1.67. The number of hydrogen-bond acceptors (Lipinski definition) is 6. The van der Waals surface area contributed by atoms with Gasteiger partial charge in [0.1, 0.15) is 6.54 Å². The van der Waals surface area contributed by atoms with Crippen molar-refractivity contribution in [2.24, 2.45) is 0 Å². The van der Waals surface area contributed by atoms with E-state index in [4.69, 9.17) is 4.74 Å². The quantitative estimate of drug-likeness (QED) is 0.560. The summed E-state index contributed by atoms with van der Waals surface area (Å²) in [6, 6.07) is 8.99. The van der Waals surface area contributed by atoms with E-state index >= 15 is 0 Å². The molecule has 120 valence electrons. The van der Waals surface area contributed by atoms with E-state index in [1.54, 1.807) is 42.5 Å². The molecule has 0 bridgehead atoms. The van der Waals surface area contributed by atoms with Gasteiger partial charge in [0.2, 0.25) is 5.95 Å². The van der Waals surface area contributed by atoms with Crippen molar-refractivity contribution >= 4 is 46.1 Å². The van der Waals surface area contributed by atoms with E-state index in [0.29, 0.717) is 11.6 Å². The number of ether oxygens (including phenoxy) is 1. The molecule has 0 aliphatic rings. The van der Waals surface area contributed by atoms with Gasteiger partial charge in [-0.05, 0) is 52.9 Å². The van der Waals surface area contributed by atoms with Crippen LogP contribution in [0.15, 0.2) is 42.7 Å². The highest BCUT2D eigenvalue weighted by Gasteiger charge is 2.12. The second kappa shape index (κ2) is 8.42. The highest BCUT2D eigenvalue weighted by atomic mass is 127. The van der Waals surface area contributed by atoms with Crippen LogP contribution in [0.25, 0.3) is 0 Å². The monoisotopic (exact) mass is 426 g/mol. The van der Waals surface area contributed by atoms with E-state index in [0.717, 1.165) is 3.57 Å². The summed E-state index contributed by atoms with van der Waals surface area (Å²) in [5, 5.41) is 2.65. The number of benzene rings is 1. The van der Waals surface area contributed by atoms with E-state index < -0.39 is 11.9 Å². The number of hydrogen-bond donors (Lipinski definition) is 1. The number of likely N-dealkylation sites (N-methyl/N-ethyl adjacent to an activating group) is 1. The van der Waals surface area contributed by atoms with Gasteiger partial charge in [0.15, 0.2) is 6.61 Å². The molecule has 0 radical (unpaired) electrons. The number of aromatic nitrogens is 2. The third kappa shape index (κ3) is 5.81. The van der Waals surface area contributed by atoms with Crippen LogP contribution < -0.4 is 10.2 Å². The van der Waals surface area contributed by atoms with E-state index in [1.165, 1.54) is 0 Å². The number of nitrogens with zero attached hydrogens (tertiary/aromatic N) is 3. The van der Waals surface area contributed by atoms with Crippen molar-refractivity contribution in [1.29, 1.82) is 0 Å². The lowest BCUT2D eigenvalue weighted by atomic mass is 10.3. The number of anilines is 2. The Morgan fingerprint density at radius 2 is 1.87 bits per heavy atom. The summed E-state index contributed by atoms with van der Waals surface area (Å²) in [4.78, 5) is 33.0. The van der Waals surface area contributed by atoms with Gasteiger partial charge in [0, 0.05) is 28.7 Å². The maximum atomic E-state index is 11.7. The molecule has 1 amide bonds. The SMILES string of the molecule is CN(CC(=O)OCC(=O)Nc1ccc(I)cc1)c1ncccn1. The van der Waals surface area contributed by atoms with Crippen molar-refractivity contribution in [1.82, 2.24) is 9.97 Å². The van der Waals surface area contributed by atoms with Crippen LogP contribution in [0.2, 0.25) is 0 Å². The van der Waals surface area contributed by atoms with Crippen LogP contribution in [-0.4, -0.2) is 42.0 Å². The molecule has 0 saturated heterocycles. The Kier molecular flexibility index (Phi) is 6.27. The van der Waals surface area contributed by atoms with Gasteiger partial charge in [-0.3, -0.25) is 9.59 Å². The minimum absolute atomic E-state index is 0.0408. The van der Waals surface area contributed by atoms with Gasteiger partial charge >= 0.3 is 5.97 Å². The topological polar surface area (TPSA) is 84.4 Å². The average molecular weight is 426 g/mol. The van der Waals surface area contributed by atoms with Gasteiger partial charge in [-0.1, -0.05) is 0 Å². The molecular formula is C15H15IN4O3. The predicted molar refractivity (Wildman–Crippen MR) is 94.0 cm³/mol. The summed E-state index contributed by atoms with van der Waals surface area (Å²) in [6.07, 6.45) is 3.16. The van der Waals surface area contributed by atoms with E-state index in [2.05, 4.69) is 37.9 Å². The van der Waals surface area contributed by atoms with Crippen LogP contribution in [0.4, 0.5) is 11.6 Å². The third-order valence-corrected chi connectivity index (χ3v) is 3.47. The Bertz CT molecular complexity index is 664. The average Bonchev–Trinajstić information content (AvgIpc) is 2.56. The number of carbonyl (C=O) groups is 2. The molecule has 7 nitrogen and oxygen atoms in total. The summed E-state index contributed by atoms with van der Waals surface area (Å²) in [7, 11) is 1.67. The van der Waals surface area contributed by atoms with Crippen molar-refractivity contribution in [2.45, 2.75) is 0 Å². The molecule has 1 aromatic heterocycles. The van der Waals surface area contributed by atoms with Crippen LogP contribution in [0, 0.1) is 3.57 Å². The first-order valence-corrected chi connectivity index (χ1v) is 7.81. The molecule has 1 heterocycles. The Balaban J connectivity index is 1.75. The van der Waals surface area contributed by atoms with Crippen LogP contribution in [0.1, 0.15) is 0 Å². The van der Waals surface area contributed by atoms with E-state index in [1.807, 2.05) is 12.1 Å². The molecule has 0 unspecified atom stereocenters. The van der Waals surface area contributed by atoms with Crippen molar-refractivity contribution in [3.8, 4) is 0 Å². The lowest BCUT2D eigenvalue weighted by Crippen LogP contribution is -2.30. The van der Waals surface area contributed by atoms with Gasteiger partial charge in [-0.2, -0.15) is 0 Å². The Labute approximate surface area is 147 Å². The van der Waals surface area contributed by atoms with Crippen molar-refractivity contribution in [3.63, 3.8) is 0 Å². The first-order valence-electron chi connectivity index (χ1n) is 6.74. The van der Waals surface area contributed by atoms with Gasteiger partial charge in [-0.15, -0.1) is 0 Å². The molecule has 0 fully saturated rings. The second-order valence-corrected chi connectivity index (χ2v) is 5.87. The Morgan fingerprint density at radius 1 is 1.22 bits per heavy atom. The third-order valence-electron chi connectivity index (χ3n) is 2.75.